The number of allylic oxidation sites excluding steroid dienone is 1. The second-order valence-electron chi connectivity index (χ2n) is 14.4. The molecule has 1 aliphatic carbocycles. The highest BCUT2D eigenvalue weighted by Gasteiger charge is 2.61. The molecule has 3 aliphatic rings. The molecular weight excluding hydrogens is 652 g/mol. The molecule has 3 N–H and O–H groups in total. The Labute approximate surface area is 287 Å². The second-order valence-corrected chi connectivity index (χ2v) is 16.3. The van der Waals surface area contributed by atoms with Gasteiger partial charge in [-0.05, 0) is 70.7 Å². The Morgan fingerprint density at radius 1 is 1.10 bits per heavy atom. The Morgan fingerprint density at radius 3 is 2.57 bits per heavy atom. The Kier molecular flexibility index (Phi) is 10.4. The molecule has 5 atom stereocenters. The van der Waals surface area contributed by atoms with Crippen LogP contribution in [0.3, 0.4) is 0 Å². The number of nitrogens with one attached hydrogen (secondary N) is 3. The van der Waals surface area contributed by atoms with Gasteiger partial charge in [0.05, 0.1) is 6.54 Å². The highest BCUT2D eigenvalue weighted by molar-refractivity contribution is 7.87. The Bertz CT molecular complexity index is 1730. The molecule has 49 heavy (non-hydrogen) atoms. The molecule has 0 radical (unpaired) electrons. The number of amides is 4. The van der Waals surface area contributed by atoms with E-state index in [2.05, 4.69) is 15.4 Å². The fraction of sp³-hybridized carbons (Fsp3) is 0.588. The van der Waals surface area contributed by atoms with Crippen molar-refractivity contribution < 1.29 is 37.1 Å². The number of benzene rings is 1. The normalized spacial score (nSPS) is 27.3. The van der Waals surface area contributed by atoms with Crippen LogP contribution in [0.1, 0.15) is 65.7 Å². The van der Waals surface area contributed by atoms with E-state index < -0.39 is 69.3 Å². The molecule has 15 heteroatoms. The summed E-state index contributed by atoms with van der Waals surface area (Å²) in [4.78, 5) is 56.3. The van der Waals surface area contributed by atoms with Crippen molar-refractivity contribution in [3.63, 3.8) is 0 Å². The molecule has 3 heterocycles. The summed E-state index contributed by atoms with van der Waals surface area (Å²) >= 11 is 0. The first kappa shape index (κ1) is 36.2. The van der Waals surface area contributed by atoms with Crippen LogP contribution in [0.4, 0.5) is 4.79 Å². The predicted octanol–water partition coefficient (Wildman–Crippen LogP) is 2.74. The SMILES string of the molecule is CN(C)S(=O)(=O)NC(=O)[C@@]12C[C@@H]1/C=C\CCCCC[C@H](NC(=O)OC(C)(C)C)C(=O)N1C[C@H](Oc3ccc4c(ccn4C)c3)C[C@H]1C(=O)N2. The molecule has 2 fully saturated rings. The summed E-state index contributed by atoms with van der Waals surface area (Å²) in [6.45, 7) is 5.24. The quantitative estimate of drug-likeness (QED) is 0.387. The summed E-state index contributed by atoms with van der Waals surface area (Å²) in [7, 11) is 0.403. The number of hydrogen-bond donors (Lipinski definition) is 3. The fourth-order valence-corrected chi connectivity index (χ4v) is 7.04. The average molecular weight is 701 g/mol. The van der Waals surface area contributed by atoms with Crippen LogP contribution in [0.5, 0.6) is 5.75 Å². The van der Waals surface area contributed by atoms with Crippen molar-refractivity contribution in [2.75, 3.05) is 20.6 Å². The van der Waals surface area contributed by atoms with E-state index in [1.165, 1.54) is 19.0 Å². The Morgan fingerprint density at radius 2 is 1.86 bits per heavy atom. The first-order valence-electron chi connectivity index (χ1n) is 16.7. The maximum Gasteiger partial charge on any atom is 0.408 e. The van der Waals surface area contributed by atoms with Gasteiger partial charge in [-0.1, -0.05) is 25.0 Å². The second kappa shape index (κ2) is 14.0. The lowest BCUT2D eigenvalue weighted by Crippen LogP contribution is -2.58. The van der Waals surface area contributed by atoms with E-state index >= 15 is 0 Å². The lowest BCUT2D eigenvalue weighted by atomic mass is 10.0. The Balaban J connectivity index is 1.45. The van der Waals surface area contributed by atoms with Crippen LogP contribution < -0.4 is 20.1 Å². The third-order valence-electron chi connectivity index (χ3n) is 9.20. The smallest absolute Gasteiger partial charge is 0.408 e. The van der Waals surface area contributed by atoms with E-state index in [0.29, 0.717) is 25.0 Å². The zero-order valence-corrected chi connectivity index (χ0v) is 29.8. The summed E-state index contributed by atoms with van der Waals surface area (Å²) in [5.41, 5.74) is -1.29. The molecule has 0 spiro atoms. The van der Waals surface area contributed by atoms with Crippen LogP contribution in [-0.4, -0.2) is 96.0 Å². The number of carbonyl (C=O) groups excluding carboxylic acids is 4. The number of hydrogen-bond acceptors (Lipinski definition) is 8. The number of nitrogens with zero attached hydrogens (tertiary/aromatic N) is 3. The maximum atomic E-state index is 14.3. The number of aryl methyl sites for hydroxylation is 1. The Hall–Kier alpha value is -4.11. The summed E-state index contributed by atoms with van der Waals surface area (Å²) < 4.78 is 42.0. The number of rotatable bonds is 6. The number of alkyl carbamates (subject to hydrolysis) is 1. The zero-order valence-electron chi connectivity index (χ0n) is 29.0. The molecule has 1 aromatic heterocycles. The van der Waals surface area contributed by atoms with Gasteiger partial charge < -0.3 is 29.6 Å². The van der Waals surface area contributed by atoms with Crippen molar-refractivity contribution in [3.05, 3.63) is 42.6 Å². The van der Waals surface area contributed by atoms with E-state index in [1.54, 1.807) is 20.8 Å². The van der Waals surface area contributed by atoms with Crippen molar-refractivity contribution in [2.45, 2.75) is 95.0 Å². The number of aromatic nitrogens is 1. The predicted molar refractivity (Wildman–Crippen MR) is 183 cm³/mol. The van der Waals surface area contributed by atoms with Gasteiger partial charge in [0.1, 0.15) is 35.1 Å². The number of ether oxygens (including phenoxy) is 2. The van der Waals surface area contributed by atoms with Crippen LogP contribution in [0.2, 0.25) is 0 Å². The monoisotopic (exact) mass is 700 g/mol. The molecule has 14 nitrogen and oxygen atoms in total. The minimum absolute atomic E-state index is 0.0494. The molecule has 2 aromatic rings. The topological polar surface area (TPSA) is 168 Å². The van der Waals surface area contributed by atoms with Crippen molar-refractivity contribution >= 4 is 44.9 Å². The van der Waals surface area contributed by atoms with Crippen LogP contribution in [-0.2, 0) is 36.4 Å². The van der Waals surface area contributed by atoms with Crippen LogP contribution in [0.25, 0.3) is 10.9 Å². The molecule has 1 saturated carbocycles. The lowest BCUT2D eigenvalue weighted by Gasteiger charge is -2.30. The van der Waals surface area contributed by atoms with Gasteiger partial charge in [-0.2, -0.15) is 12.7 Å². The highest BCUT2D eigenvalue weighted by atomic mass is 32.2. The molecule has 1 saturated heterocycles. The largest absolute Gasteiger partial charge is 0.488 e. The minimum atomic E-state index is -4.14. The van der Waals surface area contributed by atoms with Crippen molar-refractivity contribution in [1.82, 2.24) is 29.1 Å². The highest BCUT2D eigenvalue weighted by Crippen LogP contribution is 2.45. The molecular formula is C34H48N6O8S. The molecule has 2 aliphatic heterocycles. The van der Waals surface area contributed by atoms with Crippen LogP contribution in [0, 0.1) is 5.92 Å². The molecule has 4 amide bonds. The minimum Gasteiger partial charge on any atom is -0.488 e. The zero-order chi connectivity index (χ0) is 35.7. The van der Waals surface area contributed by atoms with Gasteiger partial charge in [0.15, 0.2) is 0 Å². The van der Waals surface area contributed by atoms with Gasteiger partial charge in [0.25, 0.3) is 5.91 Å². The van der Waals surface area contributed by atoms with Gasteiger partial charge in [-0.3, -0.25) is 14.4 Å². The van der Waals surface area contributed by atoms with E-state index in [0.717, 1.165) is 28.0 Å². The third kappa shape index (κ3) is 8.38. The van der Waals surface area contributed by atoms with E-state index in [1.807, 2.05) is 54.2 Å². The van der Waals surface area contributed by atoms with Gasteiger partial charge in [0, 0.05) is 50.6 Å². The summed E-state index contributed by atoms with van der Waals surface area (Å²) in [6.07, 6.45) is 7.94. The number of carbonyl (C=O) groups is 4. The fourth-order valence-electron chi connectivity index (χ4n) is 6.44. The van der Waals surface area contributed by atoms with E-state index in [4.69, 9.17) is 9.47 Å². The van der Waals surface area contributed by atoms with E-state index in [9.17, 15) is 27.6 Å². The molecule has 0 bridgehead atoms. The lowest BCUT2D eigenvalue weighted by molar-refractivity contribution is -0.141. The summed E-state index contributed by atoms with van der Waals surface area (Å²) in [5.74, 6) is -1.80. The van der Waals surface area contributed by atoms with Crippen molar-refractivity contribution in [1.29, 1.82) is 0 Å². The van der Waals surface area contributed by atoms with Crippen LogP contribution in [0.15, 0.2) is 42.6 Å². The average Bonchev–Trinajstić information content (AvgIpc) is 3.33. The summed E-state index contributed by atoms with van der Waals surface area (Å²) in [6, 6.07) is 5.59. The molecule has 0 unspecified atom stereocenters. The van der Waals surface area contributed by atoms with Gasteiger partial charge in [-0.15, -0.1) is 0 Å². The number of fused-ring (bicyclic) bond motifs is 3. The maximum absolute atomic E-state index is 14.3. The molecule has 1 aromatic carbocycles. The molecule has 5 rings (SSSR count). The standard InChI is InChI=1S/C34H48N6O8S/c1-33(2,3)48-32(44)35-26-13-11-9-7-8-10-12-23-20-34(23,31(43)37-49(45,46)38(4)5)36-29(41)28-19-25(21-40(28)30(26)42)47-24-14-15-27-22(18-24)16-17-39(27)6/h10,12,14-18,23,25-26,28H,7-9,11,13,19-21H2,1-6H3,(H,35,44)(H,36,41)(H,37,43)/b12-10-/t23-,25+,26-,28-,34+/m0/s1. The van der Waals surface area contributed by atoms with Gasteiger partial charge in [-0.25, -0.2) is 9.52 Å². The van der Waals surface area contributed by atoms with Crippen molar-refractivity contribution in [2.24, 2.45) is 13.0 Å². The summed E-state index contributed by atoms with van der Waals surface area (Å²) in [5, 5.41) is 6.54. The first-order valence-corrected chi connectivity index (χ1v) is 18.2. The third-order valence-corrected chi connectivity index (χ3v) is 10.6. The van der Waals surface area contributed by atoms with Gasteiger partial charge in [0.2, 0.25) is 11.8 Å². The van der Waals surface area contributed by atoms with Crippen LogP contribution >= 0.6 is 0 Å². The van der Waals surface area contributed by atoms with E-state index in [-0.39, 0.29) is 19.4 Å². The first-order chi connectivity index (χ1) is 23.0. The van der Waals surface area contributed by atoms with Gasteiger partial charge >= 0.3 is 16.3 Å². The molecule has 268 valence electrons. The van der Waals surface area contributed by atoms with Crippen molar-refractivity contribution in [3.8, 4) is 5.75 Å².